The summed E-state index contributed by atoms with van der Waals surface area (Å²) in [6, 6.07) is 10.8. The highest BCUT2D eigenvalue weighted by Gasteiger charge is 2.32. The molecule has 0 radical (unpaired) electrons. The number of ether oxygens (including phenoxy) is 1. The van der Waals surface area contributed by atoms with Gasteiger partial charge in [-0.2, -0.15) is 0 Å². The lowest BCUT2D eigenvalue weighted by atomic mass is 10.1. The second kappa shape index (κ2) is 11.2. The van der Waals surface area contributed by atoms with Crippen LogP contribution in [0.5, 0.6) is 0 Å². The summed E-state index contributed by atoms with van der Waals surface area (Å²) in [6.45, 7) is 3.42. The first kappa shape index (κ1) is 28.7. The van der Waals surface area contributed by atoms with Crippen molar-refractivity contribution in [3.05, 3.63) is 88.6 Å². The number of thiocarbonyl (C=S) groups is 1. The number of pyridine rings is 1. The first-order valence-corrected chi connectivity index (χ1v) is 14.2. The maximum atomic E-state index is 15.3. The minimum atomic E-state index is -0.714. The summed E-state index contributed by atoms with van der Waals surface area (Å²) >= 11 is 7.07. The molecule has 1 fully saturated rings. The Bertz CT molecular complexity index is 1930. The monoisotopic (exact) mass is 689 g/mol. The van der Waals surface area contributed by atoms with Gasteiger partial charge in [0.15, 0.2) is 4.99 Å². The molecule has 41 heavy (non-hydrogen) atoms. The lowest BCUT2D eigenvalue weighted by Gasteiger charge is -2.21. The largest absolute Gasteiger partial charge is 0.461 e. The molecule has 0 spiro atoms. The number of nitrogens with zero attached hydrogens (tertiary/aromatic N) is 3. The van der Waals surface area contributed by atoms with E-state index in [0.29, 0.717) is 27.8 Å². The average molecular weight is 690 g/mol. The number of hydrogen-bond donors (Lipinski definition) is 2. The summed E-state index contributed by atoms with van der Waals surface area (Å²) in [4.78, 5) is 53.0. The van der Waals surface area contributed by atoms with Gasteiger partial charge < -0.3 is 15.4 Å². The molecule has 1 aliphatic rings. The maximum Gasteiger partial charge on any atom is 0.366 e. The van der Waals surface area contributed by atoms with E-state index in [1.54, 1.807) is 44.2 Å². The maximum absolute atomic E-state index is 15.3. The third kappa shape index (κ3) is 5.30. The highest BCUT2D eigenvalue weighted by molar-refractivity contribution is 14.1. The summed E-state index contributed by atoms with van der Waals surface area (Å²) in [6.07, 6.45) is 1.27. The van der Waals surface area contributed by atoms with E-state index in [-0.39, 0.29) is 45.6 Å². The Hall–Kier alpha value is -3.85. The van der Waals surface area contributed by atoms with E-state index >= 15 is 4.39 Å². The van der Waals surface area contributed by atoms with E-state index in [1.807, 2.05) is 22.6 Å². The van der Waals surface area contributed by atoms with Crippen LogP contribution in [0.3, 0.4) is 0 Å². The molecule has 0 saturated heterocycles. The van der Waals surface area contributed by atoms with E-state index < -0.39 is 28.6 Å². The van der Waals surface area contributed by atoms with Crippen molar-refractivity contribution in [3.8, 4) is 5.69 Å². The molecule has 2 aromatic carbocycles. The number of nitrogens with one attached hydrogen (secondary N) is 2. The molecule has 1 saturated carbocycles. The van der Waals surface area contributed by atoms with Gasteiger partial charge in [-0.1, -0.05) is 18.3 Å². The second-order valence-electron chi connectivity index (χ2n) is 9.56. The molecule has 2 aromatic heterocycles. The van der Waals surface area contributed by atoms with Crippen molar-refractivity contribution in [2.75, 3.05) is 17.2 Å². The van der Waals surface area contributed by atoms with Gasteiger partial charge in [0, 0.05) is 33.6 Å². The molecule has 0 amide bonds. The lowest BCUT2D eigenvalue weighted by Crippen LogP contribution is -2.42. The molecule has 10 nitrogen and oxygen atoms in total. The predicted octanol–water partition coefficient (Wildman–Crippen LogP) is 4.28. The van der Waals surface area contributed by atoms with Crippen LogP contribution in [0.1, 0.15) is 31.4 Å². The fraction of sp³-hybridized carbons (Fsp3) is 0.250. The number of anilines is 3. The molecule has 4 aromatic rings. The third-order valence-electron chi connectivity index (χ3n) is 6.75. The van der Waals surface area contributed by atoms with Crippen molar-refractivity contribution in [1.82, 2.24) is 13.7 Å². The van der Waals surface area contributed by atoms with Crippen LogP contribution in [0.25, 0.3) is 16.7 Å². The Morgan fingerprint density at radius 1 is 1.12 bits per heavy atom. The smallest absolute Gasteiger partial charge is 0.366 e. The van der Waals surface area contributed by atoms with Crippen LogP contribution < -0.4 is 27.4 Å². The van der Waals surface area contributed by atoms with Gasteiger partial charge in [0.1, 0.15) is 16.9 Å². The van der Waals surface area contributed by atoms with E-state index in [2.05, 4.69) is 10.6 Å². The molecule has 0 atom stereocenters. The Kier molecular flexibility index (Phi) is 7.83. The zero-order valence-corrected chi connectivity index (χ0v) is 25.3. The summed E-state index contributed by atoms with van der Waals surface area (Å²) < 4.78 is 24.3. The van der Waals surface area contributed by atoms with Crippen LogP contribution in [0.4, 0.5) is 21.5 Å². The van der Waals surface area contributed by atoms with Gasteiger partial charge in [0.2, 0.25) is 0 Å². The van der Waals surface area contributed by atoms with Gasteiger partial charge in [-0.05, 0) is 85.7 Å². The molecule has 2 N–H and O–H groups in total. The standard InChI is InChI=1S/C28H25FIN5O5S/c1-4-40-27(38)23(41)32-17-7-5-6-16(13-17)31-22-14(2)25(36)33(3)24-21(22)26(37)34(18-9-10-18)28(39)35(24)20-11-8-15(30)12-19(20)29/h5-8,11-13,18,31H,4,9-10H2,1-3H3,(H,32,41). The molecule has 2 heterocycles. The minimum Gasteiger partial charge on any atom is -0.461 e. The van der Waals surface area contributed by atoms with Crippen LogP contribution >= 0.6 is 34.8 Å². The fourth-order valence-corrected chi connectivity index (χ4v) is 5.31. The molecular weight excluding hydrogens is 664 g/mol. The first-order chi connectivity index (χ1) is 19.5. The number of carbonyl (C=O) groups excluding carboxylic acids is 1. The zero-order chi connectivity index (χ0) is 29.6. The van der Waals surface area contributed by atoms with Gasteiger partial charge in [0.25, 0.3) is 11.1 Å². The van der Waals surface area contributed by atoms with Gasteiger partial charge >= 0.3 is 11.7 Å². The number of carbonyl (C=O) groups is 1. The summed E-state index contributed by atoms with van der Waals surface area (Å²) in [5, 5.41) is 6.04. The fourth-order valence-electron chi connectivity index (χ4n) is 4.68. The molecule has 0 bridgehead atoms. The van der Waals surface area contributed by atoms with E-state index in [1.165, 1.54) is 23.7 Å². The van der Waals surface area contributed by atoms with Crippen LogP contribution in [0.2, 0.25) is 0 Å². The minimum absolute atomic E-state index is 0.0344. The summed E-state index contributed by atoms with van der Waals surface area (Å²) in [5.41, 5.74) is -0.517. The average Bonchev–Trinajstić information content (AvgIpc) is 3.76. The zero-order valence-electron chi connectivity index (χ0n) is 22.3. The normalized spacial score (nSPS) is 12.8. The van der Waals surface area contributed by atoms with Crippen LogP contribution in [0, 0.1) is 16.3 Å². The number of halogens is 2. The summed E-state index contributed by atoms with van der Waals surface area (Å²) in [5.74, 6) is -1.34. The van der Waals surface area contributed by atoms with Crippen molar-refractivity contribution >= 4 is 73.9 Å². The number of hydrogen-bond acceptors (Lipinski definition) is 7. The van der Waals surface area contributed by atoms with E-state index in [4.69, 9.17) is 17.0 Å². The van der Waals surface area contributed by atoms with Gasteiger partial charge in [-0.15, -0.1) is 0 Å². The number of rotatable bonds is 6. The van der Waals surface area contributed by atoms with Gasteiger partial charge in [-0.3, -0.25) is 18.7 Å². The molecule has 1 aliphatic carbocycles. The van der Waals surface area contributed by atoms with Crippen molar-refractivity contribution in [1.29, 1.82) is 0 Å². The number of benzene rings is 2. The lowest BCUT2D eigenvalue weighted by molar-refractivity contribution is -0.134. The predicted molar refractivity (Wildman–Crippen MR) is 167 cm³/mol. The Morgan fingerprint density at radius 2 is 1.83 bits per heavy atom. The molecule has 5 rings (SSSR count). The molecule has 13 heteroatoms. The quantitative estimate of drug-likeness (QED) is 0.175. The Balaban J connectivity index is 1.75. The van der Waals surface area contributed by atoms with Crippen molar-refractivity contribution < 1.29 is 13.9 Å². The number of esters is 1. The highest BCUT2D eigenvalue weighted by atomic mass is 127. The van der Waals surface area contributed by atoms with Crippen molar-refractivity contribution in [2.45, 2.75) is 32.7 Å². The molecule has 0 unspecified atom stereocenters. The van der Waals surface area contributed by atoms with Crippen LogP contribution in [-0.2, 0) is 16.6 Å². The van der Waals surface area contributed by atoms with E-state index in [9.17, 15) is 19.2 Å². The topological polar surface area (TPSA) is 116 Å². The van der Waals surface area contributed by atoms with Crippen molar-refractivity contribution in [3.63, 3.8) is 0 Å². The Morgan fingerprint density at radius 3 is 2.49 bits per heavy atom. The molecular formula is C28H25FIN5O5S. The number of fused-ring (bicyclic) bond motifs is 1. The third-order valence-corrected chi connectivity index (χ3v) is 7.69. The van der Waals surface area contributed by atoms with Gasteiger partial charge in [-0.25, -0.2) is 18.5 Å². The first-order valence-electron chi connectivity index (χ1n) is 12.7. The second-order valence-corrected chi connectivity index (χ2v) is 11.2. The van der Waals surface area contributed by atoms with Gasteiger partial charge in [0.05, 0.1) is 18.0 Å². The van der Waals surface area contributed by atoms with E-state index in [0.717, 1.165) is 9.13 Å². The van der Waals surface area contributed by atoms with Crippen LogP contribution in [-0.4, -0.2) is 31.3 Å². The van der Waals surface area contributed by atoms with Crippen LogP contribution in [0.15, 0.2) is 56.8 Å². The molecule has 212 valence electrons. The summed E-state index contributed by atoms with van der Waals surface area (Å²) in [7, 11) is 1.45. The van der Waals surface area contributed by atoms with Crippen molar-refractivity contribution in [2.24, 2.45) is 7.05 Å². The highest BCUT2D eigenvalue weighted by Crippen LogP contribution is 2.34. The number of aromatic nitrogens is 3. The SMILES string of the molecule is CCOC(=O)C(=S)Nc1cccc(Nc2c(C)c(=O)n(C)c3c2c(=O)n(C2CC2)c(=O)n3-c2ccc(I)cc2F)c1. The molecule has 0 aliphatic heterocycles. The number of aryl methyl sites for hydroxylation is 1. The Labute approximate surface area is 251 Å².